The molecule has 0 radical (unpaired) electrons. The molecule has 0 bridgehead atoms. The zero-order chi connectivity index (χ0) is 29.0. The molecular weight excluding hydrogens is 533 g/mol. The summed E-state index contributed by atoms with van der Waals surface area (Å²) < 4.78 is 46.9. The van der Waals surface area contributed by atoms with Crippen molar-refractivity contribution < 1.29 is 26.8 Å². The van der Waals surface area contributed by atoms with Gasteiger partial charge in [-0.2, -0.15) is 0 Å². The Bertz CT molecular complexity index is 1780. The Kier molecular flexibility index (Phi) is 6.70. The number of fused-ring (bicyclic) bond motifs is 2. The number of hydrogen-bond acceptors (Lipinski definition) is 5. The molecule has 5 rings (SSSR count). The Balaban J connectivity index is 1.77. The number of rotatable bonds is 5. The number of carbonyl (C=O) groups excluding carboxylic acids is 2. The minimum atomic E-state index is -3.68. The molecule has 2 atom stereocenters. The van der Waals surface area contributed by atoms with Crippen molar-refractivity contribution in [3.63, 3.8) is 0 Å². The second-order valence-electron chi connectivity index (χ2n) is 11.0. The van der Waals surface area contributed by atoms with Crippen molar-refractivity contribution in [3.8, 4) is 11.3 Å². The molecule has 3 aromatic rings. The second kappa shape index (κ2) is 9.78. The molecule has 0 fully saturated rings. The predicted molar refractivity (Wildman–Crippen MR) is 151 cm³/mol. The van der Waals surface area contributed by atoms with Crippen LogP contribution in [0.25, 0.3) is 23.0 Å². The summed E-state index contributed by atoms with van der Waals surface area (Å²) in [4.78, 5) is 26.2. The van der Waals surface area contributed by atoms with Gasteiger partial charge in [0.15, 0.2) is 0 Å². The molecule has 0 spiro atoms. The van der Waals surface area contributed by atoms with Crippen molar-refractivity contribution in [3.05, 3.63) is 93.9 Å². The van der Waals surface area contributed by atoms with E-state index in [4.69, 9.17) is 4.42 Å². The van der Waals surface area contributed by atoms with Crippen LogP contribution in [-0.2, 0) is 10.0 Å². The molecule has 10 heteroatoms. The molecule has 0 saturated carbocycles. The first kappa shape index (κ1) is 27.4. The Morgan fingerprint density at radius 1 is 1.05 bits per heavy atom. The van der Waals surface area contributed by atoms with Crippen LogP contribution in [0.2, 0.25) is 0 Å². The molecule has 1 aromatic heterocycles. The molecule has 2 amide bonds. The van der Waals surface area contributed by atoms with Crippen LogP contribution in [0.3, 0.4) is 0 Å². The molecule has 40 heavy (non-hydrogen) atoms. The summed E-state index contributed by atoms with van der Waals surface area (Å²) in [6.07, 6.45) is 6.10. The van der Waals surface area contributed by atoms with E-state index in [1.54, 1.807) is 24.3 Å². The van der Waals surface area contributed by atoms with Crippen molar-refractivity contribution in [1.29, 1.82) is 0 Å². The standard InChI is InChI=1S/C30H30FN3O5S/c1-30(2,3)33-28(35)19-8-6-7-18(15-19)22-16-23-24(29(36)32-4)26(17-9-11-20(31)12-10-17)39-27(23)21-13-14-34(25(21)22)40(5,37)38/h6-16,22,25H,1-5H3,(H,32,36)(H,33,35). The molecule has 2 N–H and O–H groups in total. The monoisotopic (exact) mass is 563 g/mol. The summed E-state index contributed by atoms with van der Waals surface area (Å²) in [5.74, 6) is -1.40. The molecule has 2 heterocycles. The number of nitrogens with one attached hydrogen (secondary N) is 2. The normalized spacial score (nSPS) is 18.1. The fraction of sp³-hybridized carbons (Fsp3) is 0.267. The van der Waals surface area contributed by atoms with Crippen molar-refractivity contribution in [1.82, 2.24) is 14.9 Å². The molecule has 1 aliphatic heterocycles. The average molecular weight is 564 g/mol. The maximum absolute atomic E-state index is 13.7. The third kappa shape index (κ3) is 4.95. The van der Waals surface area contributed by atoms with Gasteiger partial charge in [0.25, 0.3) is 11.8 Å². The molecule has 2 aromatic carbocycles. The van der Waals surface area contributed by atoms with Crippen LogP contribution in [0.5, 0.6) is 0 Å². The van der Waals surface area contributed by atoms with Gasteiger partial charge in [-0.3, -0.25) is 13.9 Å². The highest BCUT2D eigenvalue weighted by Crippen LogP contribution is 2.38. The number of sulfonamides is 1. The molecule has 0 saturated heterocycles. The molecule has 2 unspecified atom stereocenters. The van der Waals surface area contributed by atoms with Crippen LogP contribution < -0.4 is 21.3 Å². The summed E-state index contributed by atoms with van der Waals surface area (Å²) in [7, 11) is -2.18. The van der Waals surface area contributed by atoms with E-state index in [0.717, 1.165) is 6.26 Å². The van der Waals surface area contributed by atoms with Crippen LogP contribution in [0.1, 0.15) is 53.0 Å². The summed E-state index contributed by atoms with van der Waals surface area (Å²) in [6.45, 7) is 5.66. The number of amides is 2. The lowest BCUT2D eigenvalue weighted by atomic mass is 9.83. The van der Waals surface area contributed by atoms with E-state index in [2.05, 4.69) is 10.6 Å². The molecule has 8 nitrogen and oxygen atoms in total. The highest BCUT2D eigenvalue weighted by Gasteiger charge is 2.41. The fourth-order valence-electron chi connectivity index (χ4n) is 5.18. The van der Waals surface area contributed by atoms with E-state index < -0.39 is 39.2 Å². The van der Waals surface area contributed by atoms with Crippen LogP contribution in [-0.4, -0.2) is 49.4 Å². The minimum absolute atomic E-state index is 0.247. The van der Waals surface area contributed by atoms with Gasteiger partial charge in [0, 0.05) is 46.6 Å². The predicted octanol–water partition coefficient (Wildman–Crippen LogP) is 2.86. The number of hydrogen-bond donors (Lipinski definition) is 2. The topological polar surface area (TPSA) is 109 Å². The summed E-state index contributed by atoms with van der Waals surface area (Å²) in [6, 6.07) is 11.9. The SMILES string of the molecule is CNC(=O)c1c(-c2ccc(F)cc2)oc2c1=CC(c1cccc(C(=O)NC(C)(C)C)c1)C1C=2C=CN1S(C)(=O)=O. The lowest BCUT2D eigenvalue weighted by Crippen LogP contribution is -2.45. The van der Waals surface area contributed by atoms with E-state index in [1.807, 2.05) is 32.9 Å². The first-order valence-corrected chi connectivity index (χ1v) is 14.6. The van der Waals surface area contributed by atoms with E-state index in [0.29, 0.717) is 32.9 Å². The lowest BCUT2D eigenvalue weighted by molar-refractivity contribution is 0.0917. The summed E-state index contributed by atoms with van der Waals surface area (Å²) >= 11 is 0. The van der Waals surface area contributed by atoms with E-state index in [-0.39, 0.29) is 17.2 Å². The Labute approximate surface area is 231 Å². The number of nitrogens with zero attached hydrogens (tertiary/aromatic N) is 1. The van der Waals surface area contributed by atoms with Gasteiger partial charge in [-0.25, -0.2) is 12.8 Å². The Morgan fingerprint density at radius 3 is 2.38 bits per heavy atom. The molecule has 1 aliphatic carbocycles. The zero-order valence-corrected chi connectivity index (χ0v) is 23.6. The second-order valence-corrected chi connectivity index (χ2v) is 12.9. The van der Waals surface area contributed by atoms with Gasteiger partial charge >= 0.3 is 0 Å². The van der Waals surface area contributed by atoms with Gasteiger partial charge in [-0.05, 0) is 68.8 Å². The number of carbonyl (C=O) groups is 2. The van der Waals surface area contributed by atoms with Gasteiger partial charge < -0.3 is 15.1 Å². The lowest BCUT2D eigenvalue weighted by Gasteiger charge is -2.32. The summed E-state index contributed by atoms with van der Waals surface area (Å²) in [5, 5.41) is 6.10. The summed E-state index contributed by atoms with van der Waals surface area (Å²) in [5.41, 5.74) is 2.37. The first-order valence-electron chi connectivity index (χ1n) is 12.7. The number of benzene rings is 2. The Hall–Kier alpha value is -4.18. The van der Waals surface area contributed by atoms with Gasteiger partial charge in [0.05, 0.1) is 17.9 Å². The highest BCUT2D eigenvalue weighted by molar-refractivity contribution is 7.88. The third-order valence-electron chi connectivity index (χ3n) is 6.85. The zero-order valence-electron chi connectivity index (χ0n) is 22.8. The van der Waals surface area contributed by atoms with Gasteiger partial charge in [0.1, 0.15) is 17.0 Å². The first-order chi connectivity index (χ1) is 18.8. The van der Waals surface area contributed by atoms with Gasteiger partial charge in [0.2, 0.25) is 10.0 Å². The smallest absolute Gasteiger partial charge is 0.255 e. The average Bonchev–Trinajstić information content (AvgIpc) is 3.49. The van der Waals surface area contributed by atoms with Crippen molar-refractivity contribution in [2.75, 3.05) is 13.3 Å². The molecule has 2 aliphatic rings. The third-order valence-corrected chi connectivity index (χ3v) is 7.97. The number of furan rings is 1. The minimum Gasteiger partial charge on any atom is -0.455 e. The van der Waals surface area contributed by atoms with Crippen LogP contribution >= 0.6 is 0 Å². The van der Waals surface area contributed by atoms with Crippen LogP contribution in [0.15, 0.2) is 65.2 Å². The van der Waals surface area contributed by atoms with Gasteiger partial charge in [-0.15, -0.1) is 0 Å². The van der Waals surface area contributed by atoms with Crippen molar-refractivity contribution in [2.45, 2.75) is 38.3 Å². The van der Waals surface area contributed by atoms with Gasteiger partial charge in [-0.1, -0.05) is 18.2 Å². The van der Waals surface area contributed by atoms with Crippen molar-refractivity contribution >= 4 is 33.5 Å². The van der Waals surface area contributed by atoms with Crippen LogP contribution in [0, 0.1) is 5.82 Å². The van der Waals surface area contributed by atoms with Crippen LogP contribution in [0.4, 0.5) is 4.39 Å². The maximum Gasteiger partial charge on any atom is 0.255 e. The number of halogens is 1. The van der Waals surface area contributed by atoms with Crippen molar-refractivity contribution in [2.24, 2.45) is 0 Å². The quantitative estimate of drug-likeness (QED) is 0.497. The van der Waals surface area contributed by atoms with E-state index in [1.165, 1.54) is 41.8 Å². The molecule has 208 valence electrons. The largest absolute Gasteiger partial charge is 0.455 e. The van der Waals surface area contributed by atoms with E-state index in [9.17, 15) is 22.4 Å². The fourth-order valence-corrected chi connectivity index (χ4v) is 6.12. The van der Waals surface area contributed by atoms with E-state index >= 15 is 0 Å². The Morgan fingerprint density at radius 2 is 1.75 bits per heavy atom. The highest BCUT2D eigenvalue weighted by atomic mass is 32.2. The molecular formula is C30H30FN3O5S. The maximum atomic E-state index is 13.7.